The van der Waals surface area contributed by atoms with Gasteiger partial charge in [0.15, 0.2) is 0 Å². The van der Waals surface area contributed by atoms with E-state index in [9.17, 15) is 19.7 Å². The molecule has 1 atom stereocenters. The van der Waals surface area contributed by atoms with Crippen LogP contribution in [0.15, 0.2) is 72.9 Å². The molecule has 0 bridgehead atoms. The van der Waals surface area contributed by atoms with Gasteiger partial charge in [-0.15, -0.1) is 0 Å². The lowest BCUT2D eigenvalue weighted by Gasteiger charge is -2.31. The number of pyridine rings is 1. The summed E-state index contributed by atoms with van der Waals surface area (Å²) in [6, 6.07) is 20.1. The van der Waals surface area contributed by atoms with E-state index in [-0.39, 0.29) is 29.9 Å². The Labute approximate surface area is 226 Å². The highest BCUT2D eigenvalue weighted by Gasteiger charge is 2.29. The number of nitro benzene ring substituents is 1. The van der Waals surface area contributed by atoms with Crippen molar-refractivity contribution in [2.45, 2.75) is 32.6 Å². The molecule has 5 rings (SSSR count). The van der Waals surface area contributed by atoms with E-state index in [1.165, 1.54) is 6.07 Å². The SMILES string of the molecule is CCOC(=O)[C@@H]1CCCN(C(=O)CCc2c(-c3ccccc3)nc3ccc(-c4cccc([N+](=O)[O-])c4)cn23)C1. The largest absolute Gasteiger partial charge is 0.466 e. The number of carbonyl (C=O) groups is 2. The summed E-state index contributed by atoms with van der Waals surface area (Å²) in [4.78, 5) is 43.1. The van der Waals surface area contributed by atoms with Crippen molar-refractivity contribution in [3.8, 4) is 22.4 Å². The van der Waals surface area contributed by atoms with Crippen LogP contribution in [0.2, 0.25) is 0 Å². The van der Waals surface area contributed by atoms with E-state index in [4.69, 9.17) is 9.72 Å². The molecule has 0 radical (unpaired) electrons. The Morgan fingerprint density at radius 2 is 1.85 bits per heavy atom. The highest BCUT2D eigenvalue weighted by Crippen LogP contribution is 2.30. The minimum absolute atomic E-state index is 0.00667. The van der Waals surface area contributed by atoms with E-state index >= 15 is 0 Å². The first kappa shape index (κ1) is 26.1. The first-order valence-electron chi connectivity index (χ1n) is 13.2. The molecule has 0 saturated carbocycles. The lowest BCUT2D eigenvalue weighted by Crippen LogP contribution is -2.42. The van der Waals surface area contributed by atoms with Crippen molar-refractivity contribution in [3.63, 3.8) is 0 Å². The summed E-state index contributed by atoms with van der Waals surface area (Å²) in [6.45, 7) is 3.13. The Morgan fingerprint density at radius 3 is 2.62 bits per heavy atom. The Balaban J connectivity index is 1.45. The molecule has 1 aliphatic heterocycles. The fraction of sp³-hybridized carbons (Fsp3) is 0.300. The lowest BCUT2D eigenvalue weighted by molar-refractivity contribution is -0.384. The second kappa shape index (κ2) is 11.5. The number of esters is 1. The van der Waals surface area contributed by atoms with Crippen molar-refractivity contribution in [1.82, 2.24) is 14.3 Å². The number of aromatic nitrogens is 2. The number of piperidine rings is 1. The van der Waals surface area contributed by atoms with Crippen LogP contribution in [0, 0.1) is 16.0 Å². The van der Waals surface area contributed by atoms with Gasteiger partial charge in [0.25, 0.3) is 5.69 Å². The summed E-state index contributed by atoms with van der Waals surface area (Å²) in [5.41, 5.74) is 4.91. The van der Waals surface area contributed by atoms with Crippen molar-refractivity contribution in [2.75, 3.05) is 19.7 Å². The van der Waals surface area contributed by atoms with Crippen molar-refractivity contribution in [1.29, 1.82) is 0 Å². The average molecular weight is 527 g/mol. The summed E-state index contributed by atoms with van der Waals surface area (Å²) in [5, 5.41) is 11.3. The van der Waals surface area contributed by atoms with Gasteiger partial charge in [0, 0.05) is 43.4 Å². The van der Waals surface area contributed by atoms with Gasteiger partial charge in [-0.05, 0) is 49.4 Å². The number of aryl methyl sites for hydroxylation is 1. The van der Waals surface area contributed by atoms with E-state index < -0.39 is 4.92 Å². The summed E-state index contributed by atoms with van der Waals surface area (Å²) in [6.07, 6.45) is 4.14. The zero-order valence-corrected chi connectivity index (χ0v) is 21.8. The Bertz CT molecular complexity index is 1510. The van der Waals surface area contributed by atoms with E-state index in [0.717, 1.165) is 46.6 Å². The average Bonchev–Trinajstić information content (AvgIpc) is 3.34. The minimum Gasteiger partial charge on any atom is -0.466 e. The molecule has 0 unspecified atom stereocenters. The van der Waals surface area contributed by atoms with Crippen LogP contribution in [0.4, 0.5) is 5.69 Å². The smallest absolute Gasteiger partial charge is 0.310 e. The number of nitrogens with zero attached hydrogens (tertiary/aromatic N) is 4. The fourth-order valence-electron chi connectivity index (χ4n) is 5.17. The van der Waals surface area contributed by atoms with Crippen LogP contribution in [-0.2, 0) is 20.7 Å². The summed E-state index contributed by atoms with van der Waals surface area (Å²) >= 11 is 0. The predicted octanol–water partition coefficient (Wildman–Crippen LogP) is 5.31. The van der Waals surface area contributed by atoms with Crippen LogP contribution in [0.1, 0.15) is 31.9 Å². The molecule has 1 saturated heterocycles. The molecule has 3 heterocycles. The maximum atomic E-state index is 13.3. The molecule has 1 amide bonds. The van der Waals surface area contributed by atoms with Crippen molar-refractivity contribution < 1.29 is 19.2 Å². The zero-order valence-electron chi connectivity index (χ0n) is 21.8. The number of hydrogen-bond donors (Lipinski definition) is 0. The van der Waals surface area contributed by atoms with E-state index in [0.29, 0.717) is 26.1 Å². The number of imidazole rings is 1. The van der Waals surface area contributed by atoms with Gasteiger partial charge in [-0.3, -0.25) is 19.7 Å². The van der Waals surface area contributed by atoms with Gasteiger partial charge in [0.05, 0.1) is 28.8 Å². The maximum Gasteiger partial charge on any atom is 0.310 e. The van der Waals surface area contributed by atoms with Crippen molar-refractivity contribution >= 4 is 23.2 Å². The van der Waals surface area contributed by atoms with Gasteiger partial charge < -0.3 is 14.0 Å². The first-order valence-corrected chi connectivity index (χ1v) is 13.2. The number of fused-ring (bicyclic) bond motifs is 1. The minimum atomic E-state index is -0.406. The van der Waals surface area contributed by atoms with Crippen LogP contribution in [-0.4, -0.2) is 50.8 Å². The third-order valence-electron chi connectivity index (χ3n) is 7.12. The predicted molar refractivity (Wildman–Crippen MR) is 147 cm³/mol. The number of ether oxygens (including phenoxy) is 1. The quantitative estimate of drug-likeness (QED) is 0.175. The molecule has 0 aliphatic carbocycles. The van der Waals surface area contributed by atoms with Gasteiger partial charge in [0.2, 0.25) is 5.91 Å². The molecule has 1 fully saturated rings. The molecule has 1 aliphatic rings. The number of nitro groups is 1. The molecular formula is C30H30N4O5. The highest BCUT2D eigenvalue weighted by atomic mass is 16.6. The Kier molecular flexibility index (Phi) is 7.67. The van der Waals surface area contributed by atoms with E-state index in [1.54, 1.807) is 24.0 Å². The van der Waals surface area contributed by atoms with Gasteiger partial charge in [0.1, 0.15) is 5.65 Å². The maximum absolute atomic E-state index is 13.3. The summed E-state index contributed by atoms with van der Waals surface area (Å²) < 4.78 is 7.16. The molecule has 9 heteroatoms. The second-order valence-electron chi connectivity index (χ2n) is 9.66. The third-order valence-corrected chi connectivity index (χ3v) is 7.12. The zero-order chi connectivity index (χ0) is 27.4. The normalized spacial score (nSPS) is 15.3. The van der Waals surface area contributed by atoms with E-state index in [2.05, 4.69) is 0 Å². The molecule has 2 aromatic heterocycles. The molecule has 2 aromatic carbocycles. The topological polar surface area (TPSA) is 107 Å². The molecule has 0 spiro atoms. The molecule has 200 valence electrons. The van der Waals surface area contributed by atoms with Gasteiger partial charge in [-0.2, -0.15) is 0 Å². The summed E-state index contributed by atoms with van der Waals surface area (Å²) in [5.74, 6) is -0.527. The Morgan fingerprint density at radius 1 is 1.05 bits per heavy atom. The first-order chi connectivity index (χ1) is 18.9. The molecule has 4 aromatic rings. The number of non-ortho nitro benzene ring substituents is 1. The third kappa shape index (κ3) is 5.67. The number of rotatable bonds is 8. The monoisotopic (exact) mass is 526 g/mol. The van der Waals surface area contributed by atoms with E-state index in [1.807, 2.05) is 59.1 Å². The number of amides is 1. The highest BCUT2D eigenvalue weighted by molar-refractivity contribution is 5.79. The Hall–Kier alpha value is -4.53. The van der Waals surface area contributed by atoms with Crippen LogP contribution in [0.3, 0.4) is 0 Å². The van der Waals surface area contributed by atoms with Crippen LogP contribution in [0.5, 0.6) is 0 Å². The van der Waals surface area contributed by atoms with Crippen molar-refractivity contribution in [3.05, 3.63) is 88.7 Å². The fourth-order valence-corrected chi connectivity index (χ4v) is 5.17. The number of benzene rings is 2. The van der Waals surface area contributed by atoms with Crippen LogP contribution in [0.25, 0.3) is 28.0 Å². The van der Waals surface area contributed by atoms with Gasteiger partial charge in [-0.25, -0.2) is 4.98 Å². The van der Waals surface area contributed by atoms with Gasteiger partial charge in [-0.1, -0.05) is 42.5 Å². The molecule has 9 nitrogen and oxygen atoms in total. The standard InChI is InChI=1S/C30H30N4O5/c1-2-39-30(36)24-11-7-17-32(19-24)28(35)16-14-26-29(21-8-4-3-5-9-21)31-27-15-13-23(20-33(26)27)22-10-6-12-25(18-22)34(37)38/h3-6,8-10,12-13,15,18,20,24H,2,7,11,14,16-17,19H2,1H3/t24-/m1/s1. The van der Waals surface area contributed by atoms with Crippen LogP contribution < -0.4 is 0 Å². The molecular weight excluding hydrogens is 496 g/mol. The molecule has 0 N–H and O–H groups in total. The second-order valence-corrected chi connectivity index (χ2v) is 9.66. The number of carbonyl (C=O) groups excluding carboxylic acids is 2. The summed E-state index contributed by atoms with van der Waals surface area (Å²) in [7, 11) is 0. The number of likely N-dealkylation sites (tertiary alicyclic amines) is 1. The lowest BCUT2D eigenvalue weighted by atomic mass is 9.97. The number of hydrogen-bond acceptors (Lipinski definition) is 6. The van der Waals surface area contributed by atoms with Gasteiger partial charge >= 0.3 is 5.97 Å². The van der Waals surface area contributed by atoms with Crippen LogP contribution >= 0.6 is 0 Å². The van der Waals surface area contributed by atoms with Crippen molar-refractivity contribution in [2.24, 2.45) is 5.92 Å². The molecule has 39 heavy (non-hydrogen) atoms.